The molecule has 2 unspecified atom stereocenters. The van der Waals surface area contributed by atoms with E-state index in [-0.39, 0.29) is 35.2 Å². The van der Waals surface area contributed by atoms with Crippen molar-refractivity contribution in [1.29, 1.82) is 0 Å². The van der Waals surface area contributed by atoms with Crippen molar-refractivity contribution in [3.8, 4) is 22.5 Å². The third kappa shape index (κ3) is 11.2. The number of aromatic amines is 1. The van der Waals surface area contributed by atoms with Crippen LogP contribution in [-0.2, 0) is 31.6 Å². The molecule has 1 fully saturated rings. The number of nitrogens with zero attached hydrogens (tertiary/aromatic N) is 3. The molecule has 1 saturated heterocycles. The van der Waals surface area contributed by atoms with E-state index in [0.717, 1.165) is 21.8 Å². The first-order valence-corrected chi connectivity index (χ1v) is 22.9. The van der Waals surface area contributed by atoms with Gasteiger partial charge in [-0.15, -0.1) is 0 Å². The summed E-state index contributed by atoms with van der Waals surface area (Å²) in [6, 6.07) is 15.3. The van der Waals surface area contributed by atoms with Crippen LogP contribution >= 0.6 is 23.5 Å². The molecule has 5 atom stereocenters. The van der Waals surface area contributed by atoms with E-state index < -0.39 is 71.6 Å². The van der Waals surface area contributed by atoms with Crippen LogP contribution in [0.4, 0.5) is 5.69 Å². The Morgan fingerprint density at radius 2 is 1.71 bits per heavy atom. The van der Waals surface area contributed by atoms with E-state index in [4.69, 9.17) is 18.9 Å². The van der Waals surface area contributed by atoms with Gasteiger partial charge in [0.15, 0.2) is 0 Å². The summed E-state index contributed by atoms with van der Waals surface area (Å²) in [7, 11) is -9.48. The highest BCUT2D eigenvalue weighted by molar-refractivity contribution is 7.66. The van der Waals surface area contributed by atoms with Crippen molar-refractivity contribution in [2.45, 2.75) is 24.9 Å². The van der Waals surface area contributed by atoms with Gasteiger partial charge in [0.05, 0.1) is 29.9 Å². The fraction of sp³-hybridized carbons (Fsp3) is 0.270. The van der Waals surface area contributed by atoms with Gasteiger partial charge in [-0.25, -0.2) is 27.9 Å². The molecule has 8 N–H and O–H groups in total. The standard InChI is InChI=1S/C37H40N5O18P3/c1-40(2)22-8-11-25-29(15-22)57-30-16-23(41(3)4)9-12-26(30)33(25)27-14-20(7-10-24(27)36(46)47)34(44)38-13-5-6-21-18-42(37(48)39-35(21)45)32-17-28(43)31(58-32)19-56-62(52,53)60-63(54,55)59-61(49,50)51/h5-12,14-16,18,28,31-32,43H,13,17,19H2,1-4H3,(H6-,38,39,44,45,46,47,48,49,50,51,52,53,54,55)/p+1/b6-5+/t28-,31+,32+/m0/s1. The van der Waals surface area contributed by atoms with Crippen molar-refractivity contribution in [3.63, 3.8) is 0 Å². The molecular formula is C37H41N5O18P3+. The summed E-state index contributed by atoms with van der Waals surface area (Å²) in [5, 5.41) is 24.9. The highest BCUT2D eigenvalue weighted by Gasteiger charge is 2.43. The third-order valence-electron chi connectivity index (χ3n) is 9.51. The largest absolute Gasteiger partial charge is 0.490 e. The first-order valence-electron chi connectivity index (χ1n) is 18.4. The van der Waals surface area contributed by atoms with Crippen LogP contribution < -0.4 is 31.4 Å². The molecule has 336 valence electrons. The van der Waals surface area contributed by atoms with Gasteiger partial charge in [0.25, 0.3) is 11.5 Å². The number of phosphoric ester groups is 1. The molecule has 3 heterocycles. The molecule has 3 aliphatic rings. The molecule has 1 aliphatic carbocycles. The first-order chi connectivity index (χ1) is 29.4. The molecule has 0 radical (unpaired) electrons. The van der Waals surface area contributed by atoms with Gasteiger partial charge in [-0.2, -0.15) is 8.62 Å². The number of anilines is 1. The number of ether oxygens (including phenoxy) is 1. The predicted molar refractivity (Wildman–Crippen MR) is 224 cm³/mol. The normalized spacial score (nSPS) is 18.7. The number of fused-ring (bicyclic) bond motifs is 2. The average molecular weight is 937 g/mol. The number of hydrogen-bond donors (Lipinski definition) is 8. The number of rotatable bonds is 15. The lowest BCUT2D eigenvalue weighted by molar-refractivity contribution is -0.0450. The number of H-pyrrole nitrogens is 1. The molecule has 6 rings (SSSR count). The molecule has 23 nitrogen and oxygen atoms in total. The van der Waals surface area contributed by atoms with Gasteiger partial charge in [0.1, 0.15) is 37.8 Å². The Bertz CT molecular complexity index is 2950. The number of aliphatic hydroxyl groups is 1. The maximum absolute atomic E-state index is 13.5. The molecule has 2 aliphatic heterocycles. The zero-order valence-corrected chi connectivity index (χ0v) is 36.2. The lowest BCUT2D eigenvalue weighted by Gasteiger charge is -2.19. The van der Waals surface area contributed by atoms with E-state index in [2.05, 4.69) is 23.4 Å². The summed E-state index contributed by atoms with van der Waals surface area (Å²) >= 11 is 0. The van der Waals surface area contributed by atoms with Crippen LogP contribution in [0, 0.1) is 0 Å². The smallest absolute Gasteiger partial charge is 0.478 e. The van der Waals surface area contributed by atoms with E-state index in [1.54, 1.807) is 0 Å². The number of carboxylic acids is 1. The van der Waals surface area contributed by atoms with Crippen LogP contribution in [0.25, 0.3) is 39.5 Å². The summed E-state index contributed by atoms with van der Waals surface area (Å²) in [6.45, 7) is -1.14. The Morgan fingerprint density at radius 3 is 2.38 bits per heavy atom. The lowest BCUT2D eigenvalue weighted by Crippen LogP contribution is -2.33. The minimum absolute atomic E-state index is 0.0626. The zero-order valence-electron chi connectivity index (χ0n) is 33.5. The van der Waals surface area contributed by atoms with Crippen molar-refractivity contribution >= 4 is 58.1 Å². The summed E-state index contributed by atoms with van der Waals surface area (Å²) in [4.78, 5) is 92.0. The van der Waals surface area contributed by atoms with E-state index in [1.165, 1.54) is 30.4 Å². The van der Waals surface area contributed by atoms with Crippen LogP contribution in [0.3, 0.4) is 0 Å². The van der Waals surface area contributed by atoms with Gasteiger partial charge < -0.3 is 49.2 Å². The van der Waals surface area contributed by atoms with E-state index in [9.17, 15) is 52.9 Å². The molecule has 1 amide bonds. The van der Waals surface area contributed by atoms with Crippen LogP contribution in [-0.4, -0.2) is 105 Å². The van der Waals surface area contributed by atoms with Gasteiger partial charge in [-0.3, -0.25) is 23.7 Å². The molecule has 2 aromatic carbocycles. The zero-order chi connectivity index (χ0) is 46.2. The second-order valence-corrected chi connectivity index (χ2v) is 18.8. The maximum atomic E-state index is 13.5. The van der Waals surface area contributed by atoms with Crippen LogP contribution in [0.1, 0.15) is 38.9 Å². The van der Waals surface area contributed by atoms with Gasteiger partial charge in [-0.1, -0.05) is 12.2 Å². The minimum Gasteiger partial charge on any atom is -0.478 e. The van der Waals surface area contributed by atoms with Crippen molar-refractivity contribution in [1.82, 2.24) is 19.4 Å². The Kier molecular flexibility index (Phi) is 13.7. The summed E-state index contributed by atoms with van der Waals surface area (Å²) < 4.78 is 61.1. The summed E-state index contributed by atoms with van der Waals surface area (Å²) in [6.07, 6.45) is -0.781. The van der Waals surface area contributed by atoms with Gasteiger partial charge in [-0.05, 0) is 42.0 Å². The van der Waals surface area contributed by atoms with Crippen LogP contribution in [0.2, 0.25) is 0 Å². The number of aliphatic hydroxyl groups excluding tert-OH is 1. The number of amides is 1. The van der Waals surface area contributed by atoms with E-state index in [1.807, 2.05) is 74.1 Å². The van der Waals surface area contributed by atoms with Crippen LogP contribution in [0.15, 0.2) is 80.9 Å². The molecule has 26 heteroatoms. The number of benzene rings is 3. The van der Waals surface area contributed by atoms with E-state index >= 15 is 0 Å². The minimum atomic E-state index is -5.80. The molecule has 0 bridgehead atoms. The Morgan fingerprint density at radius 1 is 0.984 bits per heavy atom. The number of carbonyl (C=O) groups excluding carboxylic acids is 1. The highest BCUT2D eigenvalue weighted by Crippen LogP contribution is 2.66. The number of carbonyl (C=O) groups is 2. The quantitative estimate of drug-likeness (QED) is 0.0424. The molecule has 0 saturated carbocycles. The molecule has 0 spiro atoms. The fourth-order valence-electron chi connectivity index (χ4n) is 6.57. The van der Waals surface area contributed by atoms with Crippen LogP contribution in [0.5, 0.6) is 0 Å². The summed E-state index contributed by atoms with van der Waals surface area (Å²) in [5.41, 5.74) is 0.876. The SMILES string of the molecule is CN(C)c1ccc2c(-c3cc(C(=O)NC/C=C/c4cn([C@H]5C[C@H](O)[C@@H](COP(=O)(O)OP(=O)(O)OP(=O)(O)O)O5)c(=O)[nH]c4=O)ccc3C(=O)O)c3ccc(=[N+](C)C)cc-3oc2c1. The van der Waals surface area contributed by atoms with E-state index in [0.29, 0.717) is 27.9 Å². The van der Waals surface area contributed by atoms with Gasteiger partial charge in [0, 0.05) is 73.2 Å². The van der Waals surface area contributed by atoms with Gasteiger partial charge >= 0.3 is 35.1 Å². The predicted octanol–water partition coefficient (Wildman–Crippen LogP) is 2.29. The van der Waals surface area contributed by atoms with Gasteiger partial charge in [0.2, 0.25) is 5.36 Å². The fourth-order valence-corrected chi connectivity index (χ4v) is 9.60. The molecule has 63 heavy (non-hydrogen) atoms. The van der Waals surface area contributed by atoms with Crippen molar-refractivity contribution in [2.75, 3.05) is 46.2 Å². The average Bonchev–Trinajstić information content (AvgIpc) is 3.55. The molecular weight excluding hydrogens is 895 g/mol. The molecule has 3 aromatic rings. The Labute approximate surface area is 355 Å². The number of hydrogen-bond acceptors (Lipinski definition) is 14. The Hall–Kier alpha value is -5.38. The number of aromatic nitrogens is 2. The Balaban J connectivity index is 1.20. The van der Waals surface area contributed by atoms with Crippen molar-refractivity contribution < 1.29 is 75.4 Å². The number of aromatic carboxylic acids is 1. The topological polar surface area (TPSA) is 330 Å². The number of carboxylic acid groups (broad SMARTS) is 1. The second kappa shape index (κ2) is 18.4. The summed E-state index contributed by atoms with van der Waals surface area (Å²) in [5.74, 6) is -1.33. The highest BCUT2D eigenvalue weighted by atomic mass is 31.3. The maximum Gasteiger partial charge on any atom is 0.490 e. The lowest BCUT2D eigenvalue weighted by atomic mass is 9.89. The third-order valence-corrected chi connectivity index (χ3v) is 13.3. The molecule has 1 aromatic heterocycles. The van der Waals surface area contributed by atoms with Crippen molar-refractivity contribution in [2.24, 2.45) is 0 Å². The first kappa shape index (κ1) is 47.1. The number of nitrogens with one attached hydrogen (secondary N) is 2. The number of phosphoric acid groups is 3. The monoisotopic (exact) mass is 936 g/mol. The van der Waals surface area contributed by atoms with Crippen molar-refractivity contribution in [3.05, 3.63) is 110 Å². The second-order valence-electron chi connectivity index (χ2n) is 14.4.